The van der Waals surface area contributed by atoms with Gasteiger partial charge in [-0.25, -0.2) is 9.78 Å². The van der Waals surface area contributed by atoms with Gasteiger partial charge in [-0.05, 0) is 32.6 Å². The number of amides is 3. The van der Waals surface area contributed by atoms with Crippen molar-refractivity contribution in [1.82, 2.24) is 25.9 Å². The number of rotatable bonds is 18. The van der Waals surface area contributed by atoms with Crippen molar-refractivity contribution in [2.75, 3.05) is 13.1 Å². The maximum atomic E-state index is 13.2. The summed E-state index contributed by atoms with van der Waals surface area (Å²) in [5.41, 5.74) is 27.5. The van der Waals surface area contributed by atoms with Gasteiger partial charge >= 0.3 is 5.97 Å². The Labute approximate surface area is 230 Å². The van der Waals surface area contributed by atoms with Crippen molar-refractivity contribution in [3.63, 3.8) is 0 Å². The third kappa shape index (κ3) is 12.9. The van der Waals surface area contributed by atoms with Crippen LogP contribution in [0.3, 0.4) is 0 Å². The Hall–Kier alpha value is -4.45. The molecule has 0 saturated carbocycles. The lowest BCUT2D eigenvalue weighted by molar-refractivity contribution is -0.142. The van der Waals surface area contributed by atoms with E-state index in [2.05, 4.69) is 35.9 Å². The summed E-state index contributed by atoms with van der Waals surface area (Å²) in [4.78, 5) is 64.9. The quantitative estimate of drug-likeness (QED) is 0.0452. The number of nitrogens with two attached hydrogens (primary N) is 5. The fraction of sp³-hybridized carbons (Fsp3) is 0.591. The first-order valence-electron chi connectivity index (χ1n) is 12.5. The molecule has 1 rings (SSSR count). The van der Waals surface area contributed by atoms with Crippen LogP contribution in [0, 0.1) is 0 Å². The summed E-state index contributed by atoms with van der Waals surface area (Å²) < 4.78 is 0. The van der Waals surface area contributed by atoms with E-state index in [0.29, 0.717) is 5.69 Å². The topological polar surface area (TPSA) is 328 Å². The molecule has 0 aliphatic heterocycles. The van der Waals surface area contributed by atoms with E-state index in [-0.39, 0.29) is 57.1 Å². The molecule has 1 heterocycles. The SMILES string of the molecule is CC(O)C(N)C(=O)NC(CCCN=C(N)N)C(=O)NC(CCCN=C(N)N)C(=O)NC(Cc1cnc[nH]1)C(=O)O. The molecule has 16 N–H and O–H groups in total. The van der Waals surface area contributed by atoms with E-state index in [4.69, 9.17) is 28.7 Å². The van der Waals surface area contributed by atoms with Gasteiger partial charge in [0.25, 0.3) is 0 Å². The van der Waals surface area contributed by atoms with E-state index < -0.39 is 54.0 Å². The summed E-state index contributed by atoms with van der Waals surface area (Å²) in [5, 5.41) is 26.7. The zero-order chi connectivity index (χ0) is 30.2. The molecule has 18 nitrogen and oxygen atoms in total. The second-order valence-electron chi connectivity index (χ2n) is 8.97. The molecule has 5 unspecified atom stereocenters. The van der Waals surface area contributed by atoms with Gasteiger partial charge in [0.2, 0.25) is 17.7 Å². The zero-order valence-electron chi connectivity index (χ0n) is 22.2. The van der Waals surface area contributed by atoms with Gasteiger partial charge in [-0.1, -0.05) is 0 Å². The van der Waals surface area contributed by atoms with Crippen molar-refractivity contribution in [2.24, 2.45) is 38.7 Å². The van der Waals surface area contributed by atoms with Gasteiger partial charge in [-0.3, -0.25) is 24.4 Å². The summed E-state index contributed by atoms with van der Waals surface area (Å²) in [5.74, 6) is -3.94. The summed E-state index contributed by atoms with van der Waals surface area (Å²) in [6, 6.07) is -5.04. The molecule has 224 valence electrons. The smallest absolute Gasteiger partial charge is 0.326 e. The van der Waals surface area contributed by atoms with Crippen LogP contribution in [0.1, 0.15) is 38.3 Å². The normalized spacial score (nSPS) is 14.5. The average molecular weight is 569 g/mol. The predicted molar refractivity (Wildman–Crippen MR) is 145 cm³/mol. The monoisotopic (exact) mass is 568 g/mol. The Morgan fingerprint density at radius 1 is 0.900 bits per heavy atom. The number of aliphatic hydroxyl groups is 1. The third-order valence-electron chi connectivity index (χ3n) is 5.57. The lowest BCUT2D eigenvalue weighted by Gasteiger charge is -2.25. The molecular formula is C22H40N12O6. The number of carbonyl (C=O) groups excluding carboxylic acids is 3. The van der Waals surface area contributed by atoms with Crippen molar-refractivity contribution in [3.05, 3.63) is 18.2 Å². The first kappa shape index (κ1) is 33.6. The number of aliphatic carboxylic acids is 1. The number of aliphatic hydroxyl groups excluding tert-OH is 1. The van der Waals surface area contributed by atoms with E-state index in [1.54, 1.807) is 0 Å². The Balaban J connectivity index is 3.09. The first-order chi connectivity index (χ1) is 18.8. The minimum atomic E-state index is -1.33. The van der Waals surface area contributed by atoms with Crippen LogP contribution < -0.4 is 44.6 Å². The summed E-state index contributed by atoms with van der Waals surface area (Å²) in [7, 11) is 0. The van der Waals surface area contributed by atoms with Crippen LogP contribution in [0.5, 0.6) is 0 Å². The van der Waals surface area contributed by atoms with E-state index in [0.717, 1.165) is 0 Å². The molecule has 0 aliphatic rings. The highest BCUT2D eigenvalue weighted by Crippen LogP contribution is 2.06. The third-order valence-corrected chi connectivity index (χ3v) is 5.57. The number of H-pyrrole nitrogens is 1. The number of aromatic amines is 1. The van der Waals surface area contributed by atoms with E-state index in [1.807, 2.05) is 0 Å². The number of aromatic nitrogens is 2. The number of aliphatic imine (C=N–C) groups is 2. The molecule has 0 radical (unpaired) electrons. The van der Waals surface area contributed by atoms with E-state index in [1.165, 1.54) is 19.4 Å². The fourth-order valence-electron chi connectivity index (χ4n) is 3.39. The number of hydrogen-bond donors (Lipinski definition) is 11. The predicted octanol–water partition coefficient (Wildman–Crippen LogP) is -4.69. The van der Waals surface area contributed by atoms with Crippen LogP contribution >= 0.6 is 0 Å². The molecule has 0 spiro atoms. The Kier molecular flexibility index (Phi) is 14.4. The largest absolute Gasteiger partial charge is 0.480 e. The highest BCUT2D eigenvalue weighted by molar-refractivity contribution is 5.94. The number of carbonyl (C=O) groups is 4. The first-order valence-corrected chi connectivity index (χ1v) is 12.5. The molecule has 0 saturated heterocycles. The average Bonchev–Trinajstić information content (AvgIpc) is 3.39. The van der Waals surface area contributed by atoms with Crippen LogP contribution in [-0.4, -0.2) is 99.2 Å². The van der Waals surface area contributed by atoms with Crippen molar-refractivity contribution in [2.45, 2.75) is 69.3 Å². The van der Waals surface area contributed by atoms with Gasteiger partial charge in [0.05, 0.1) is 12.4 Å². The Morgan fingerprint density at radius 2 is 1.38 bits per heavy atom. The number of nitrogens with one attached hydrogen (secondary N) is 4. The number of hydrogen-bond acceptors (Lipinski definition) is 9. The zero-order valence-corrected chi connectivity index (χ0v) is 22.2. The van der Waals surface area contributed by atoms with Crippen molar-refractivity contribution in [3.8, 4) is 0 Å². The molecule has 0 aliphatic carbocycles. The summed E-state index contributed by atoms with van der Waals surface area (Å²) in [6.07, 6.45) is 2.12. The molecule has 0 aromatic carbocycles. The molecule has 3 amide bonds. The van der Waals surface area contributed by atoms with Crippen molar-refractivity contribution in [1.29, 1.82) is 0 Å². The number of carboxylic acid groups (broad SMARTS) is 1. The van der Waals surface area contributed by atoms with Crippen LogP contribution in [-0.2, 0) is 25.6 Å². The fourth-order valence-corrected chi connectivity index (χ4v) is 3.39. The molecule has 1 aromatic heterocycles. The molecule has 0 bridgehead atoms. The van der Waals surface area contributed by atoms with Gasteiger partial charge in [0.15, 0.2) is 11.9 Å². The number of nitrogens with zero attached hydrogens (tertiary/aromatic N) is 3. The minimum absolute atomic E-state index is 0.0343. The maximum absolute atomic E-state index is 13.2. The second kappa shape index (κ2) is 17.2. The van der Waals surface area contributed by atoms with Gasteiger partial charge in [-0.2, -0.15) is 0 Å². The van der Waals surface area contributed by atoms with Crippen LogP contribution in [0.15, 0.2) is 22.5 Å². The lowest BCUT2D eigenvalue weighted by atomic mass is 10.1. The van der Waals surface area contributed by atoms with Gasteiger partial charge in [-0.15, -0.1) is 0 Å². The van der Waals surface area contributed by atoms with Crippen LogP contribution in [0.25, 0.3) is 0 Å². The summed E-state index contributed by atoms with van der Waals surface area (Å²) >= 11 is 0. The Bertz CT molecular complexity index is 1020. The highest BCUT2D eigenvalue weighted by Gasteiger charge is 2.31. The minimum Gasteiger partial charge on any atom is -0.480 e. The van der Waals surface area contributed by atoms with Crippen LogP contribution in [0.2, 0.25) is 0 Å². The second-order valence-corrected chi connectivity index (χ2v) is 8.97. The molecule has 5 atom stereocenters. The van der Waals surface area contributed by atoms with Gasteiger partial charge < -0.3 is 59.8 Å². The maximum Gasteiger partial charge on any atom is 0.326 e. The van der Waals surface area contributed by atoms with Gasteiger partial charge in [0, 0.05) is 31.4 Å². The van der Waals surface area contributed by atoms with Crippen molar-refractivity contribution < 1.29 is 29.4 Å². The standard InChI is InChI=1S/C22H40N12O6/c1-11(35)16(23)19(38)33-14(5-3-7-30-22(26)27)17(36)32-13(4-2-6-29-21(24)25)18(37)34-15(20(39)40)8-12-9-28-10-31-12/h9-11,13-16,35H,2-8,23H2,1H3,(H,28,31)(H,32,36)(H,33,38)(H,34,37)(H,39,40)(H4,24,25,29)(H4,26,27,30). The van der Waals surface area contributed by atoms with Crippen LogP contribution in [0.4, 0.5) is 0 Å². The summed E-state index contributed by atoms with van der Waals surface area (Å²) in [6.45, 7) is 1.61. The molecule has 18 heteroatoms. The van der Waals surface area contributed by atoms with E-state index >= 15 is 0 Å². The molecular weight excluding hydrogens is 528 g/mol. The molecule has 0 fully saturated rings. The van der Waals surface area contributed by atoms with Gasteiger partial charge in [0.1, 0.15) is 24.2 Å². The number of guanidine groups is 2. The highest BCUT2D eigenvalue weighted by atomic mass is 16.4. The molecule has 1 aromatic rings. The van der Waals surface area contributed by atoms with E-state index in [9.17, 15) is 29.4 Å². The number of carboxylic acids is 1. The Morgan fingerprint density at radius 3 is 1.77 bits per heavy atom. The number of imidazole rings is 1. The molecule has 40 heavy (non-hydrogen) atoms. The van der Waals surface area contributed by atoms with Crippen molar-refractivity contribution >= 4 is 35.6 Å². The lowest BCUT2D eigenvalue weighted by Crippen LogP contribution is -2.58.